The SMILES string of the molecule is CC(=O)C1(c2cccs2)CC=CS1. The minimum absolute atomic E-state index is 0.255. The van der Waals surface area contributed by atoms with E-state index in [1.54, 1.807) is 30.0 Å². The van der Waals surface area contributed by atoms with Crippen molar-refractivity contribution in [2.75, 3.05) is 0 Å². The highest BCUT2D eigenvalue weighted by molar-refractivity contribution is 8.04. The summed E-state index contributed by atoms with van der Waals surface area (Å²) in [7, 11) is 0. The van der Waals surface area contributed by atoms with Gasteiger partial charge in [-0.1, -0.05) is 12.1 Å². The lowest BCUT2D eigenvalue weighted by atomic mass is 9.98. The molecule has 1 nitrogen and oxygen atoms in total. The van der Waals surface area contributed by atoms with Gasteiger partial charge in [-0.05, 0) is 30.2 Å². The maximum atomic E-state index is 11.6. The van der Waals surface area contributed by atoms with Crippen molar-refractivity contribution in [3.05, 3.63) is 33.9 Å². The van der Waals surface area contributed by atoms with Gasteiger partial charge < -0.3 is 0 Å². The van der Waals surface area contributed by atoms with Crippen LogP contribution in [0.3, 0.4) is 0 Å². The summed E-state index contributed by atoms with van der Waals surface area (Å²) in [4.78, 5) is 12.8. The maximum absolute atomic E-state index is 11.6. The number of ketones is 1. The molecule has 0 saturated heterocycles. The zero-order chi connectivity index (χ0) is 9.31. The summed E-state index contributed by atoms with van der Waals surface area (Å²) in [5, 5.41) is 4.06. The number of hydrogen-bond acceptors (Lipinski definition) is 3. The molecule has 1 aliphatic rings. The van der Waals surface area contributed by atoms with E-state index in [-0.39, 0.29) is 10.5 Å². The van der Waals surface area contributed by atoms with Crippen LogP contribution >= 0.6 is 23.1 Å². The third-order valence-corrected chi connectivity index (χ3v) is 4.82. The van der Waals surface area contributed by atoms with Crippen molar-refractivity contribution >= 4 is 28.9 Å². The van der Waals surface area contributed by atoms with Crippen molar-refractivity contribution in [1.29, 1.82) is 0 Å². The first kappa shape index (κ1) is 9.03. The molecule has 0 amide bonds. The smallest absolute Gasteiger partial charge is 0.151 e. The predicted molar refractivity (Wildman–Crippen MR) is 58.0 cm³/mol. The summed E-state index contributed by atoms with van der Waals surface area (Å²) in [6, 6.07) is 4.05. The standard InChI is InChI=1S/C10H10OS2/c1-8(11)10(5-3-7-13-10)9-4-2-6-12-9/h2-4,6-7H,5H2,1H3. The Balaban J connectivity index is 2.41. The lowest BCUT2D eigenvalue weighted by Crippen LogP contribution is -2.26. The van der Waals surface area contributed by atoms with Crippen molar-refractivity contribution in [2.45, 2.75) is 18.1 Å². The van der Waals surface area contributed by atoms with Crippen molar-refractivity contribution in [3.8, 4) is 0 Å². The Labute approximate surface area is 85.9 Å². The van der Waals surface area contributed by atoms with Crippen LogP contribution < -0.4 is 0 Å². The van der Waals surface area contributed by atoms with Crippen LogP contribution in [0.25, 0.3) is 0 Å². The molecule has 0 fully saturated rings. The quantitative estimate of drug-likeness (QED) is 0.745. The molecule has 0 aliphatic carbocycles. The number of carbonyl (C=O) groups excluding carboxylic acids is 1. The number of carbonyl (C=O) groups is 1. The highest BCUT2D eigenvalue weighted by atomic mass is 32.2. The average Bonchev–Trinajstić information content (AvgIpc) is 2.75. The molecule has 0 saturated carbocycles. The Hall–Kier alpha value is -0.540. The Morgan fingerprint density at radius 3 is 2.92 bits per heavy atom. The van der Waals surface area contributed by atoms with E-state index in [0.717, 1.165) is 6.42 Å². The molecule has 1 unspecified atom stereocenters. The zero-order valence-electron chi connectivity index (χ0n) is 7.32. The van der Waals surface area contributed by atoms with E-state index in [9.17, 15) is 4.79 Å². The minimum atomic E-state index is -0.297. The van der Waals surface area contributed by atoms with Crippen molar-refractivity contribution < 1.29 is 4.79 Å². The van der Waals surface area contributed by atoms with Crippen LogP contribution in [0.5, 0.6) is 0 Å². The average molecular weight is 210 g/mol. The summed E-state index contributed by atoms with van der Waals surface area (Å²) in [5.41, 5.74) is 0. The summed E-state index contributed by atoms with van der Waals surface area (Å²) < 4.78 is -0.297. The van der Waals surface area contributed by atoms with Crippen LogP contribution in [-0.2, 0) is 9.54 Å². The van der Waals surface area contributed by atoms with Crippen LogP contribution in [0.4, 0.5) is 0 Å². The first-order valence-corrected chi connectivity index (χ1v) is 5.89. The predicted octanol–water partition coefficient (Wildman–Crippen LogP) is 3.18. The topological polar surface area (TPSA) is 17.1 Å². The van der Waals surface area contributed by atoms with Crippen LogP contribution in [0.15, 0.2) is 29.0 Å². The molecule has 0 N–H and O–H groups in total. The van der Waals surface area contributed by atoms with Gasteiger partial charge in [-0.3, -0.25) is 4.79 Å². The number of thioether (sulfide) groups is 1. The Morgan fingerprint density at radius 1 is 1.62 bits per heavy atom. The number of Topliss-reactive ketones (excluding diaryl/α,β-unsaturated/α-hetero) is 1. The first-order chi connectivity index (χ1) is 6.26. The lowest BCUT2D eigenvalue weighted by Gasteiger charge is -2.23. The second-order valence-corrected chi connectivity index (χ2v) is 5.21. The van der Waals surface area contributed by atoms with Gasteiger partial charge in [-0.2, -0.15) is 0 Å². The Morgan fingerprint density at radius 2 is 2.46 bits per heavy atom. The van der Waals surface area contributed by atoms with Gasteiger partial charge in [0.15, 0.2) is 5.78 Å². The number of hydrogen-bond donors (Lipinski definition) is 0. The van der Waals surface area contributed by atoms with Gasteiger partial charge in [-0.25, -0.2) is 0 Å². The Bertz CT molecular complexity index is 330. The first-order valence-electron chi connectivity index (χ1n) is 4.13. The van der Waals surface area contributed by atoms with E-state index >= 15 is 0 Å². The molecule has 1 aromatic heterocycles. The Kier molecular flexibility index (Phi) is 2.30. The third-order valence-electron chi connectivity index (χ3n) is 2.26. The van der Waals surface area contributed by atoms with Crippen molar-refractivity contribution in [1.82, 2.24) is 0 Å². The second-order valence-electron chi connectivity index (χ2n) is 3.05. The second kappa shape index (κ2) is 3.31. The van der Waals surface area contributed by atoms with E-state index in [0.29, 0.717) is 0 Å². The number of thiophene rings is 1. The molecular weight excluding hydrogens is 200 g/mol. The van der Waals surface area contributed by atoms with Gasteiger partial charge >= 0.3 is 0 Å². The van der Waals surface area contributed by atoms with Crippen LogP contribution in [0.1, 0.15) is 18.2 Å². The molecule has 1 aliphatic heterocycles. The summed E-state index contributed by atoms with van der Waals surface area (Å²) >= 11 is 3.30. The zero-order valence-corrected chi connectivity index (χ0v) is 8.95. The van der Waals surface area contributed by atoms with Crippen molar-refractivity contribution in [2.24, 2.45) is 0 Å². The van der Waals surface area contributed by atoms with E-state index in [1.165, 1.54) is 4.88 Å². The largest absolute Gasteiger partial charge is 0.298 e. The number of rotatable bonds is 2. The molecule has 13 heavy (non-hydrogen) atoms. The molecular formula is C10H10OS2. The summed E-state index contributed by atoms with van der Waals surface area (Å²) in [5.74, 6) is 0.255. The molecule has 0 bridgehead atoms. The molecule has 0 spiro atoms. The molecule has 0 aromatic carbocycles. The minimum Gasteiger partial charge on any atom is -0.298 e. The number of allylic oxidation sites excluding steroid dienone is 1. The molecule has 68 valence electrons. The fraction of sp³-hybridized carbons (Fsp3) is 0.300. The molecule has 0 radical (unpaired) electrons. The van der Waals surface area contributed by atoms with Crippen LogP contribution in [-0.4, -0.2) is 5.78 Å². The normalized spacial score (nSPS) is 26.5. The lowest BCUT2D eigenvalue weighted by molar-refractivity contribution is -0.119. The van der Waals surface area contributed by atoms with Crippen LogP contribution in [0, 0.1) is 0 Å². The fourth-order valence-electron chi connectivity index (χ4n) is 1.49. The maximum Gasteiger partial charge on any atom is 0.151 e. The summed E-state index contributed by atoms with van der Waals surface area (Å²) in [6.07, 6.45) is 2.92. The highest BCUT2D eigenvalue weighted by Crippen LogP contribution is 2.47. The van der Waals surface area contributed by atoms with Crippen LogP contribution in [0.2, 0.25) is 0 Å². The van der Waals surface area contributed by atoms with Crippen molar-refractivity contribution in [3.63, 3.8) is 0 Å². The van der Waals surface area contributed by atoms with E-state index in [2.05, 4.69) is 6.08 Å². The van der Waals surface area contributed by atoms with Gasteiger partial charge in [0.1, 0.15) is 4.75 Å². The fourth-order valence-corrected chi connectivity index (χ4v) is 3.63. The summed E-state index contributed by atoms with van der Waals surface area (Å²) in [6.45, 7) is 1.68. The monoisotopic (exact) mass is 210 g/mol. The highest BCUT2D eigenvalue weighted by Gasteiger charge is 2.39. The van der Waals surface area contributed by atoms with E-state index in [1.807, 2.05) is 22.9 Å². The molecule has 1 aromatic rings. The molecule has 3 heteroatoms. The van der Waals surface area contributed by atoms with E-state index in [4.69, 9.17) is 0 Å². The van der Waals surface area contributed by atoms with Gasteiger partial charge in [0.25, 0.3) is 0 Å². The van der Waals surface area contributed by atoms with Gasteiger partial charge in [0.05, 0.1) is 0 Å². The van der Waals surface area contributed by atoms with Gasteiger partial charge in [0.2, 0.25) is 0 Å². The molecule has 1 atom stereocenters. The third kappa shape index (κ3) is 1.36. The van der Waals surface area contributed by atoms with Gasteiger partial charge in [-0.15, -0.1) is 23.1 Å². The van der Waals surface area contributed by atoms with E-state index < -0.39 is 0 Å². The van der Waals surface area contributed by atoms with Gasteiger partial charge in [0, 0.05) is 4.88 Å². The molecule has 2 heterocycles. The molecule has 2 rings (SSSR count).